The number of nitrogens with zero attached hydrogens (tertiary/aromatic N) is 4. The van der Waals surface area contributed by atoms with Gasteiger partial charge in [0.2, 0.25) is 5.95 Å². The van der Waals surface area contributed by atoms with Gasteiger partial charge in [0.15, 0.2) is 0 Å². The Morgan fingerprint density at radius 2 is 1.97 bits per heavy atom. The van der Waals surface area contributed by atoms with Gasteiger partial charge in [-0.15, -0.1) is 24.0 Å². The molecule has 7 nitrogen and oxygen atoms in total. The highest BCUT2D eigenvalue weighted by Gasteiger charge is 2.14. The molecule has 0 radical (unpaired) electrons. The van der Waals surface area contributed by atoms with E-state index in [1.165, 1.54) is 7.11 Å². The molecule has 0 fully saturated rings. The minimum absolute atomic E-state index is 0. The smallest absolute Gasteiger partial charge is 0.337 e. The Morgan fingerprint density at radius 3 is 2.71 bits per heavy atom. The van der Waals surface area contributed by atoms with Gasteiger partial charge >= 0.3 is 5.97 Å². The second kappa shape index (κ2) is 9.42. The van der Waals surface area contributed by atoms with Crippen LogP contribution in [0.25, 0.3) is 22.2 Å². The van der Waals surface area contributed by atoms with Crippen LogP contribution < -0.4 is 5.32 Å². The number of aryl methyl sites for hydroxylation is 1. The predicted molar refractivity (Wildman–Crippen MR) is 132 cm³/mol. The zero-order chi connectivity index (χ0) is 21.3. The van der Waals surface area contributed by atoms with E-state index < -0.39 is 0 Å². The van der Waals surface area contributed by atoms with Crippen molar-refractivity contribution in [3.05, 3.63) is 66.2 Å². The molecule has 1 N–H and O–H groups in total. The molecule has 3 heterocycles. The highest BCUT2D eigenvalue weighted by atomic mass is 127. The van der Waals surface area contributed by atoms with Crippen molar-refractivity contribution < 1.29 is 9.53 Å². The number of benzene rings is 1. The molecule has 8 heteroatoms. The third-order valence-corrected chi connectivity index (χ3v) is 5.03. The van der Waals surface area contributed by atoms with Crippen molar-refractivity contribution in [1.82, 2.24) is 19.5 Å². The molecular weight excluding hydrogens is 505 g/mol. The third-order valence-electron chi connectivity index (χ3n) is 5.03. The average molecular weight is 529 g/mol. The molecule has 3 aromatic heterocycles. The number of esters is 1. The van der Waals surface area contributed by atoms with Crippen molar-refractivity contribution in [3.8, 4) is 11.3 Å². The van der Waals surface area contributed by atoms with Crippen molar-refractivity contribution >= 4 is 52.5 Å². The molecule has 4 aromatic rings. The summed E-state index contributed by atoms with van der Waals surface area (Å²) in [5, 5.41) is 4.32. The van der Waals surface area contributed by atoms with Crippen LogP contribution in [0.4, 0.5) is 11.6 Å². The monoisotopic (exact) mass is 529 g/mol. The van der Waals surface area contributed by atoms with Crippen molar-refractivity contribution in [2.45, 2.75) is 26.8 Å². The molecule has 0 aliphatic carbocycles. The topological polar surface area (TPSA) is 81.9 Å². The van der Waals surface area contributed by atoms with Gasteiger partial charge in [-0.25, -0.2) is 14.8 Å². The summed E-state index contributed by atoms with van der Waals surface area (Å²) in [6, 6.07) is 9.53. The molecule has 0 saturated carbocycles. The lowest BCUT2D eigenvalue weighted by atomic mass is 10.1. The van der Waals surface area contributed by atoms with E-state index in [4.69, 9.17) is 9.72 Å². The van der Waals surface area contributed by atoms with E-state index in [1.54, 1.807) is 24.5 Å². The molecule has 0 aliphatic rings. The van der Waals surface area contributed by atoms with Crippen LogP contribution in [0.2, 0.25) is 0 Å². The maximum atomic E-state index is 11.9. The van der Waals surface area contributed by atoms with Gasteiger partial charge in [-0.3, -0.25) is 4.98 Å². The number of hydrogen-bond donors (Lipinski definition) is 1. The first-order valence-electron chi connectivity index (χ1n) is 9.72. The minimum atomic E-state index is -0.386. The minimum Gasteiger partial charge on any atom is -0.465 e. The molecule has 0 aliphatic heterocycles. The lowest BCUT2D eigenvalue weighted by molar-refractivity contribution is 0.0601. The van der Waals surface area contributed by atoms with Crippen LogP contribution in [-0.2, 0) is 4.74 Å². The lowest BCUT2D eigenvalue weighted by Crippen LogP contribution is -2.04. The second-order valence-electron chi connectivity index (χ2n) is 7.35. The Hall–Kier alpha value is -3.01. The van der Waals surface area contributed by atoms with E-state index in [-0.39, 0.29) is 29.9 Å². The zero-order valence-corrected chi connectivity index (χ0v) is 20.1. The highest BCUT2D eigenvalue weighted by molar-refractivity contribution is 14.0. The molecule has 1 aromatic carbocycles. The fourth-order valence-electron chi connectivity index (χ4n) is 3.42. The summed E-state index contributed by atoms with van der Waals surface area (Å²) in [6.07, 6.45) is 7.50. The van der Waals surface area contributed by atoms with Crippen LogP contribution in [0.1, 0.15) is 35.8 Å². The van der Waals surface area contributed by atoms with Gasteiger partial charge in [0.25, 0.3) is 0 Å². The molecule has 0 spiro atoms. The first kappa shape index (κ1) is 22.7. The van der Waals surface area contributed by atoms with E-state index in [0.717, 1.165) is 33.4 Å². The molecule has 0 amide bonds. The number of rotatable bonds is 5. The SMILES string of the molecule is COC(=O)c1ccc(C)c(Nc2nccc(-c3cn(C(C)C)c4cnccc34)n2)c1.I. The van der Waals surface area contributed by atoms with Gasteiger partial charge < -0.3 is 14.6 Å². The fraction of sp³-hybridized carbons (Fsp3) is 0.217. The predicted octanol–water partition coefficient (Wildman–Crippen LogP) is 5.53. The van der Waals surface area contributed by atoms with Gasteiger partial charge in [0.05, 0.1) is 30.1 Å². The molecule has 0 atom stereocenters. The maximum Gasteiger partial charge on any atom is 0.337 e. The van der Waals surface area contributed by atoms with Crippen molar-refractivity contribution in [1.29, 1.82) is 0 Å². The number of nitrogens with one attached hydrogen (secondary N) is 1. The molecule has 0 bridgehead atoms. The fourth-order valence-corrected chi connectivity index (χ4v) is 3.42. The summed E-state index contributed by atoms with van der Waals surface area (Å²) in [6.45, 7) is 6.23. The number of halogens is 1. The number of fused-ring (bicyclic) bond motifs is 1. The summed E-state index contributed by atoms with van der Waals surface area (Å²) in [4.78, 5) is 25.2. The van der Waals surface area contributed by atoms with Crippen LogP contribution in [0.15, 0.2) is 55.1 Å². The van der Waals surface area contributed by atoms with E-state index in [9.17, 15) is 4.79 Å². The number of methoxy groups -OCH3 is 1. The largest absolute Gasteiger partial charge is 0.465 e. The molecule has 0 saturated heterocycles. The second-order valence-corrected chi connectivity index (χ2v) is 7.35. The number of pyridine rings is 1. The summed E-state index contributed by atoms with van der Waals surface area (Å²) in [5.74, 6) is 0.0694. The van der Waals surface area contributed by atoms with Gasteiger partial charge in [-0.05, 0) is 50.6 Å². The van der Waals surface area contributed by atoms with Gasteiger partial charge in [-0.1, -0.05) is 6.07 Å². The number of aromatic nitrogens is 4. The summed E-state index contributed by atoms with van der Waals surface area (Å²) in [7, 11) is 1.37. The number of ether oxygens (including phenoxy) is 1. The molecule has 0 unspecified atom stereocenters. The van der Waals surface area contributed by atoms with Crippen LogP contribution >= 0.6 is 24.0 Å². The standard InChI is InChI=1S/C23H23N5O2.HI/c1-14(2)28-13-18(17-7-9-24-12-21(17)28)19-8-10-25-23(26-19)27-20-11-16(22(29)30-4)6-5-15(20)3;/h5-14H,1-4H3,(H,25,26,27);1H. The Labute approximate surface area is 197 Å². The number of hydrogen-bond acceptors (Lipinski definition) is 6. The van der Waals surface area contributed by atoms with Crippen LogP contribution in [-0.4, -0.2) is 32.6 Å². The number of carbonyl (C=O) groups is 1. The normalized spacial score (nSPS) is 10.7. The van der Waals surface area contributed by atoms with E-state index in [1.807, 2.05) is 31.3 Å². The zero-order valence-electron chi connectivity index (χ0n) is 17.8. The van der Waals surface area contributed by atoms with Crippen molar-refractivity contribution in [2.24, 2.45) is 0 Å². The van der Waals surface area contributed by atoms with Gasteiger partial charge in [0.1, 0.15) is 0 Å². The number of carbonyl (C=O) groups excluding carboxylic acids is 1. The highest BCUT2D eigenvalue weighted by Crippen LogP contribution is 2.31. The Morgan fingerprint density at radius 1 is 1.16 bits per heavy atom. The maximum absolute atomic E-state index is 11.9. The van der Waals surface area contributed by atoms with Gasteiger partial charge in [0, 0.05) is 41.3 Å². The molecule has 160 valence electrons. The third kappa shape index (κ3) is 4.53. The van der Waals surface area contributed by atoms with E-state index in [2.05, 4.69) is 39.9 Å². The quantitative estimate of drug-likeness (QED) is 0.271. The van der Waals surface area contributed by atoms with Crippen molar-refractivity contribution in [3.63, 3.8) is 0 Å². The summed E-state index contributed by atoms with van der Waals surface area (Å²) in [5.41, 5.74) is 5.09. The Bertz CT molecular complexity index is 1240. The van der Waals surface area contributed by atoms with Gasteiger partial charge in [-0.2, -0.15) is 0 Å². The molecular formula is C23H24IN5O2. The molecule has 31 heavy (non-hydrogen) atoms. The summed E-state index contributed by atoms with van der Waals surface area (Å²) < 4.78 is 7.01. The molecule has 4 rings (SSSR count). The van der Waals surface area contributed by atoms with Crippen LogP contribution in [0.3, 0.4) is 0 Å². The average Bonchev–Trinajstić information content (AvgIpc) is 3.15. The first-order valence-corrected chi connectivity index (χ1v) is 9.72. The van der Waals surface area contributed by atoms with E-state index in [0.29, 0.717) is 17.6 Å². The van der Waals surface area contributed by atoms with Crippen molar-refractivity contribution in [2.75, 3.05) is 12.4 Å². The Kier molecular flexibility index (Phi) is 6.89. The number of anilines is 2. The summed E-state index contributed by atoms with van der Waals surface area (Å²) >= 11 is 0. The van der Waals surface area contributed by atoms with E-state index >= 15 is 0 Å². The first-order chi connectivity index (χ1) is 14.5. The van der Waals surface area contributed by atoms with Crippen LogP contribution in [0, 0.1) is 6.92 Å². The Balaban J connectivity index is 0.00000272. The lowest BCUT2D eigenvalue weighted by Gasteiger charge is -2.10. The van der Waals surface area contributed by atoms with Crippen LogP contribution in [0.5, 0.6) is 0 Å².